The normalized spacial score (nSPS) is 24.7. The van der Waals surface area contributed by atoms with Crippen LogP contribution in [0.2, 0.25) is 0 Å². The molecule has 19 heavy (non-hydrogen) atoms. The van der Waals surface area contributed by atoms with Crippen molar-refractivity contribution in [2.75, 3.05) is 7.11 Å². The molecule has 3 nitrogen and oxygen atoms in total. The second kappa shape index (κ2) is 5.21. The number of hydrogen-bond donors (Lipinski definition) is 1. The summed E-state index contributed by atoms with van der Waals surface area (Å²) in [5.74, 6) is -0.562. The molecule has 2 atom stereocenters. The van der Waals surface area contributed by atoms with Gasteiger partial charge in [-0.05, 0) is 40.5 Å². The molecule has 0 saturated heterocycles. The van der Waals surface area contributed by atoms with Crippen LogP contribution in [0.1, 0.15) is 30.6 Å². The van der Waals surface area contributed by atoms with Gasteiger partial charge in [0.1, 0.15) is 5.82 Å². The molecule has 0 radical (unpaired) electrons. The van der Waals surface area contributed by atoms with Crippen molar-refractivity contribution in [3.63, 3.8) is 0 Å². The van der Waals surface area contributed by atoms with Crippen molar-refractivity contribution in [2.24, 2.45) is 5.41 Å². The number of hydrogen-bond acceptors (Lipinski definition) is 2. The molecule has 0 bridgehead atoms. The standard InChI is InChI=1S/C14H17BrFNO2/c1-14(2)11(7-12(14)19-3)17-13(18)8-4-5-10(16)9(15)6-8/h4-6,11-12H,7H2,1-3H3,(H,17,18). The Balaban J connectivity index is 2.04. The number of rotatable bonds is 3. The van der Waals surface area contributed by atoms with Gasteiger partial charge in [0.15, 0.2) is 0 Å². The lowest BCUT2D eigenvalue weighted by Crippen LogP contribution is -2.61. The molecular formula is C14H17BrFNO2. The Morgan fingerprint density at radius 3 is 2.74 bits per heavy atom. The summed E-state index contributed by atoms with van der Waals surface area (Å²) in [6.45, 7) is 4.13. The molecule has 2 rings (SSSR count). The van der Waals surface area contributed by atoms with Gasteiger partial charge in [0.25, 0.3) is 5.91 Å². The van der Waals surface area contributed by atoms with Crippen LogP contribution in [0, 0.1) is 11.2 Å². The lowest BCUT2D eigenvalue weighted by molar-refractivity contribution is -0.0942. The summed E-state index contributed by atoms with van der Waals surface area (Å²) in [4.78, 5) is 12.1. The smallest absolute Gasteiger partial charge is 0.251 e. The van der Waals surface area contributed by atoms with E-state index in [-0.39, 0.29) is 29.3 Å². The summed E-state index contributed by atoms with van der Waals surface area (Å²) in [7, 11) is 1.68. The van der Waals surface area contributed by atoms with Crippen LogP contribution >= 0.6 is 15.9 Å². The average molecular weight is 330 g/mol. The SMILES string of the molecule is COC1CC(NC(=O)c2ccc(F)c(Br)c2)C1(C)C. The number of benzene rings is 1. The Hall–Kier alpha value is -0.940. The van der Waals surface area contributed by atoms with Crippen LogP contribution in [0.4, 0.5) is 4.39 Å². The fourth-order valence-electron chi connectivity index (χ4n) is 2.41. The van der Waals surface area contributed by atoms with Gasteiger partial charge in [0.2, 0.25) is 0 Å². The maximum atomic E-state index is 13.1. The number of halogens is 2. The van der Waals surface area contributed by atoms with Gasteiger partial charge in [-0.1, -0.05) is 13.8 Å². The van der Waals surface area contributed by atoms with E-state index in [9.17, 15) is 9.18 Å². The molecule has 1 amide bonds. The van der Waals surface area contributed by atoms with Crippen molar-refractivity contribution in [3.8, 4) is 0 Å². The summed E-state index contributed by atoms with van der Waals surface area (Å²) in [5, 5.41) is 2.97. The second-order valence-electron chi connectivity index (χ2n) is 5.44. The predicted molar refractivity (Wildman–Crippen MR) is 74.5 cm³/mol. The molecule has 5 heteroatoms. The average Bonchev–Trinajstić information content (AvgIpc) is 2.36. The van der Waals surface area contributed by atoms with Crippen LogP contribution < -0.4 is 5.32 Å². The van der Waals surface area contributed by atoms with E-state index in [1.165, 1.54) is 18.2 Å². The molecule has 2 unspecified atom stereocenters. The molecule has 1 N–H and O–H groups in total. The Morgan fingerprint density at radius 2 is 2.21 bits per heavy atom. The maximum Gasteiger partial charge on any atom is 0.251 e. The largest absolute Gasteiger partial charge is 0.381 e. The minimum atomic E-state index is -0.375. The van der Waals surface area contributed by atoms with E-state index in [1.807, 2.05) is 0 Å². The van der Waals surface area contributed by atoms with Crippen molar-refractivity contribution in [1.29, 1.82) is 0 Å². The van der Waals surface area contributed by atoms with Crippen molar-refractivity contribution >= 4 is 21.8 Å². The zero-order valence-corrected chi connectivity index (χ0v) is 12.8. The van der Waals surface area contributed by atoms with Gasteiger partial charge in [-0.3, -0.25) is 4.79 Å². The van der Waals surface area contributed by atoms with E-state index in [1.54, 1.807) is 7.11 Å². The summed E-state index contributed by atoms with van der Waals surface area (Å²) in [6.07, 6.45) is 0.968. The third-order valence-corrected chi connectivity index (χ3v) is 4.56. The molecule has 1 aromatic rings. The Bertz CT molecular complexity index is 504. The number of ether oxygens (including phenoxy) is 1. The first-order valence-corrected chi connectivity index (χ1v) is 6.94. The molecule has 104 valence electrons. The third kappa shape index (κ3) is 2.67. The lowest BCUT2D eigenvalue weighted by Gasteiger charge is -2.51. The number of amides is 1. The highest BCUT2D eigenvalue weighted by molar-refractivity contribution is 9.10. The molecule has 1 fully saturated rings. The van der Waals surface area contributed by atoms with Crippen LogP contribution in [0.5, 0.6) is 0 Å². The minimum absolute atomic E-state index is 0.0776. The Kier molecular flexibility index (Phi) is 3.97. The van der Waals surface area contributed by atoms with Crippen LogP contribution in [0.3, 0.4) is 0 Å². The highest BCUT2D eigenvalue weighted by Crippen LogP contribution is 2.42. The number of carbonyl (C=O) groups excluding carboxylic acids is 1. The van der Waals surface area contributed by atoms with Crippen molar-refractivity contribution < 1.29 is 13.9 Å². The summed E-state index contributed by atoms with van der Waals surface area (Å²) >= 11 is 3.08. The van der Waals surface area contributed by atoms with E-state index >= 15 is 0 Å². The van der Waals surface area contributed by atoms with Crippen LogP contribution in [0.25, 0.3) is 0 Å². The first-order chi connectivity index (χ1) is 8.86. The highest BCUT2D eigenvalue weighted by atomic mass is 79.9. The van der Waals surface area contributed by atoms with Gasteiger partial charge in [0, 0.05) is 24.1 Å². The zero-order valence-electron chi connectivity index (χ0n) is 11.2. The summed E-state index contributed by atoms with van der Waals surface area (Å²) < 4.78 is 18.8. The van der Waals surface area contributed by atoms with Crippen LogP contribution in [0.15, 0.2) is 22.7 Å². The predicted octanol–water partition coefficient (Wildman–Crippen LogP) is 3.13. The fourth-order valence-corrected chi connectivity index (χ4v) is 2.79. The van der Waals surface area contributed by atoms with Gasteiger partial charge >= 0.3 is 0 Å². The van der Waals surface area contributed by atoms with Crippen molar-refractivity contribution in [1.82, 2.24) is 5.32 Å². The van der Waals surface area contributed by atoms with Crippen molar-refractivity contribution in [2.45, 2.75) is 32.4 Å². The summed E-state index contributed by atoms with van der Waals surface area (Å²) in [6, 6.07) is 4.33. The number of nitrogens with one attached hydrogen (secondary N) is 1. The highest BCUT2D eigenvalue weighted by Gasteiger charge is 2.49. The first-order valence-electron chi connectivity index (χ1n) is 6.15. The molecule has 1 saturated carbocycles. The lowest BCUT2D eigenvalue weighted by atomic mass is 9.64. The first kappa shape index (κ1) is 14.5. The monoisotopic (exact) mass is 329 g/mol. The Morgan fingerprint density at radius 1 is 1.53 bits per heavy atom. The zero-order chi connectivity index (χ0) is 14.2. The minimum Gasteiger partial charge on any atom is -0.381 e. The second-order valence-corrected chi connectivity index (χ2v) is 6.29. The topological polar surface area (TPSA) is 38.3 Å². The molecule has 0 heterocycles. The summed E-state index contributed by atoms with van der Waals surface area (Å²) in [5.41, 5.74) is 0.367. The number of methoxy groups -OCH3 is 1. The fraction of sp³-hybridized carbons (Fsp3) is 0.500. The molecule has 0 aliphatic heterocycles. The van der Waals surface area contributed by atoms with Crippen molar-refractivity contribution in [3.05, 3.63) is 34.1 Å². The van der Waals surface area contributed by atoms with E-state index in [2.05, 4.69) is 35.1 Å². The molecule has 1 aromatic carbocycles. The molecular weight excluding hydrogens is 313 g/mol. The van der Waals surface area contributed by atoms with E-state index in [4.69, 9.17) is 4.74 Å². The molecule has 0 aromatic heterocycles. The van der Waals surface area contributed by atoms with Gasteiger partial charge in [-0.25, -0.2) is 4.39 Å². The van der Waals surface area contributed by atoms with Gasteiger partial charge in [0.05, 0.1) is 10.6 Å². The molecule has 0 spiro atoms. The Labute approximate surface area is 120 Å². The van der Waals surface area contributed by atoms with Crippen LogP contribution in [-0.2, 0) is 4.74 Å². The molecule has 1 aliphatic carbocycles. The molecule has 1 aliphatic rings. The quantitative estimate of drug-likeness (QED) is 0.925. The van der Waals surface area contributed by atoms with E-state index in [0.717, 1.165) is 6.42 Å². The van der Waals surface area contributed by atoms with E-state index in [0.29, 0.717) is 10.0 Å². The van der Waals surface area contributed by atoms with Crippen LogP contribution in [-0.4, -0.2) is 25.2 Å². The van der Waals surface area contributed by atoms with Gasteiger partial charge in [-0.2, -0.15) is 0 Å². The third-order valence-electron chi connectivity index (χ3n) is 3.95. The van der Waals surface area contributed by atoms with Gasteiger partial charge < -0.3 is 10.1 Å². The van der Waals surface area contributed by atoms with E-state index < -0.39 is 0 Å². The number of carbonyl (C=O) groups is 1. The van der Waals surface area contributed by atoms with Gasteiger partial charge in [-0.15, -0.1) is 0 Å². The maximum absolute atomic E-state index is 13.1.